The number of hydrogen-bond acceptors (Lipinski definition) is 8. The SMILES string of the molecule is CCCn1c(SCC(=O)Nc2nc(C)c(C(=O)N(C)C)s2)nnc1-c1cccs1. The van der Waals surface area contributed by atoms with Crippen LogP contribution in [0.1, 0.15) is 28.7 Å². The van der Waals surface area contributed by atoms with E-state index in [9.17, 15) is 9.59 Å². The number of amides is 2. The number of thioether (sulfide) groups is 1. The molecule has 0 fully saturated rings. The molecule has 0 aliphatic heterocycles. The molecule has 0 unspecified atom stereocenters. The topological polar surface area (TPSA) is 93.0 Å². The van der Waals surface area contributed by atoms with Gasteiger partial charge in [-0.1, -0.05) is 36.1 Å². The Bertz CT molecular complexity index is 994. The molecule has 3 rings (SSSR count). The highest BCUT2D eigenvalue weighted by atomic mass is 32.2. The van der Waals surface area contributed by atoms with Crippen molar-refractivity contribution in [2.75, 3.05) is 25.2 Å². The molecule has 0 atom stereocenters. The van der Waals surface area contributed by atoms with E-state index in [1.54, 1.807) is 32.4 Å². The first-order valence-corrected chi connectivity index (χ1v) is 11.7. The van der Waals surface area contributed by atoms with Crippen LogP contribution in [0.15, 0.2) is 22.7 Å². The molecule has 0 aliphatic carbocycles. The van der Waals surface area contributed by atoms with Crippen LogP contribution in [0, 0.1) is 6.92 Å². The molecule has 8 nitrogen and oxygen atoms in total. The second-order valence-corrected chi connectivity index (χ2v) is 9.29. The summed E-state index contributed by atoms with van der Waals surface area (Å²) in [5, 5.41) is 14.5. The molecular weight excluding hydrogens is 428 g/mol. The van der Waals surface area contributed by atoms with Gasteiger partial charge in [-0.15, -0.1) is 21.5 Å². The van der Waals surface area contributed by atoms with Crippen LogP contribution < -0.4 is 5.32 Å². The Labute approximate surface area is 181 Å². The van der Waals surface area contributed by atoms with Gasteiger partial charge in [0.1, 0.15) is 4.88 Å². The van der Waals surface area contributed by atoms with Crippen LogP contribution in [0.3, 0.4) is 0 Å². The van der Waals surface area contributed by atoms with Gasteiger partial charge in [-0.05, 0) is 24.8 Å². The van der Waals surface area contributed by atoms with Crippen molar-refractivity contribution in [3.05, 3.63) is 28.1 Å². The third-order valence-electron chi connectivity index (χ3n) is 3.88. The van der Waals surface area contributed by atoms with Gasteiger partial charge < -0.3 is 14.8 Å². The van der Waals surface area contributed by atoms with Crippen molar-refractivity contribution >= 4 is 51.4 Å². The van der Waals surface area contributed by atoms with Crippen LogP contribution in [0.2, 0.25) is 0 Å². The number of thiazole rings is 1. The quantitative estimate of drug-likeness (QED) is 0.527. The minimum Gasteiger partial charge on any atom is -0.344 e. The largest absolute Gasteiger partial charge is 0.344 e. The third kappa shape index (κ3) is 5.03. The molecule has 29 heavy (non-hydrogen) atoms. The number of anilines is 1. The predicted octanol–water partition coefficient (Wildman–Crippen LogP) is 3.61. The van der Waals surface area contributed by atoms with E-state index in [0.717, 1.165) is 23.7 Å². The molecule has 0 saturated heterocycles. The van der Waals surface area contributed by atoms with E-state index in [1.165, 1.54) is 28.0 Å². The molecule has 0 aliphatic rings. The Hall–Kier alpha value is -2.24. The lowest BCUT2D eigenvalue weighted by Crippen LogP contribution is -2.21. The second kappa shape index (κ2) is 9.51. The molecule has 0 spiro atoms. The molecule has 154 valence electrons. The maximum absolute atomic E-state index is 12.4. The fraction of sp³-hybridized carbons (Fsp3) is 0.389. The van der Waals surface area contributed by atoms with Crippen LogP contribution in [0.5, 0.6) is 0 Å². The number of thiophene rings is 1. The summed E-state index contributed by atoms with van der Waals surface area (Å²) in [6.45, 7) is 4.64. The van der Waals surface area contributed by atoms with E-state index >= 15 is 0 Å². The standard InChI is InChI=1S/C18H22N6O2S3/c1-5-8-24-15(12-7-6-9-27-12)21-22-18(24)28-10-13(25)20-17-19-11(2)14(29-17)16(26)23(3)4/h6-7,9H,5,8,10H2,1-4H3,(H,19,20,25). The highest BCUT2D eigenvalue weighted by molar-refractivity contribution is 7.99. The number of nitrogens with zero attached hydrogens (tertiary/aromatic N) is 5. The maximum Gasteiger partial charge on any atom is 0.265 e. The van der Waals surface area contributed by atoms with Crippen molar-refractivity contribution < 1.29 is 9.59 Å². The van der Waals surface area contributed by atoms with E-state index in [4.69, 9.17) is 0 Å². The van der Waals surface area contributed by atoms with Crippen molar-refractivity contribution in [2.45, 2.75) is 32.0 Å². The normalized spacial score (nSPS) is 10.9. The Balaban J connectivity index is 1.66. The molecule has 3 aromatic heterocycles. The van der Waals surface area contributed by atoms with Crippen LogP contribution in [-0.4, -0.2) is 56.3 Å². The van der Waals surface area contributed by atoms with E-state index in [2.05, 4.69) is 27.4 Å². The van der Waals surface area contributed by atoms with Crippen molar-refractivity contribution in [1.29, 1.82) is 0 Å². The van der Waals surface area contributed by atoms with Crippen molar-refractivity contribution in [2.24, 2.45) is 0 Å². The Morgan fingerprint density at radius 2 is 2.10 bits per heavy atom. The lowest BCUT2D eigenvalue weighted by molar-refractivity contribution is -0.113. The first-order chi connectivity index (χ1) is 13.9. The number of aryl methyl sites for hydroxylation is 1. The van der Waals surface area contributed by atoms with Gasteiger partial charge in [-0.25, -0.2) is 4.98 Å². The van der Waals surface area contributed by atoms with Gasteiger partial charge in [-0.3, -0.25) is 9.59 Å². The molecule has 3 aromatic rings. The van der Waals surface area contributed by atoms with Gasteiger partial charge in [0.15, 0.2) is 16.1 Å². The number of carbonyl (C=O) groups excluding carboxylic acids is 2. The Morgan fingerprint density at radius 3 is 2.76 bits per heavy atom. The third-order valence-corrected chi connectivity index (χ3v) is 6.77. The average Bonchev–Trinajstić information content (AvgIpc) is 3.40. The Morgan fingerprint density at radius 1 is 1.31 bits per heavy atom. The summed E-state index contributed by atoms with van der Waals surface area (Å²) in [4.78, 5) is 31.9. The van der Waals surface area contributed by atoms with Gasteiger partial charge in [0, 0.05) is 20.6 Å². The van der Waals surface area contributed by atoms with E-state index < -0.39 is 0 Å². The number of hydrogen-bond donors (Lipinski definition) is 1. The smallest absolute Gasteiger partial charge is 0.265 e. The van der Waals surface area contributed by atoms with E-state index in [1.807, 2.05) is 22.1 Å². The fourth-order valence-corrected chi connectivity index (χ4v) is 5.03. The minimum atomic E-state index is -0.198. The monoisotopic (exact) mass is 450 g/mol. The molecule has 0 aromatic carbocycles. The van der Waals surface area contributed by atoms with Gasteiger partial charge in [0.25, 0.3) is 5.91 Å². The summed E-state index contributed by atoms with van der Waals surface area (Å²) >= 11 is 4.14. The minimum absolute atomic E-state index is 0.122. The summed E-state index contributed by atoms with van der Waals surface area (Å²) in [5.74, 6) is 0.689. The van der Waals surface area contributed by atoms with Gasteiger partial charge in [0.2, 0.25) is 5.91 Å². The summed E-state index contributed by atoms with van der Waals surface area (Å²) < 4.78 is 2.05. The summed E-state index contributed by atoms with van der Waals surface area (Å²) in [6.07, 6.45) is 0.942. The molecule has 11 heteroatoms. The maximum atomic E-state index is 12.4. The van der Waals surface area contributed by atoms with Crippen LogP contribution in [0.25, 0.3) is 10.7 Å². The molecule has 0 saturated carbocycles. The first kappa shape index (κ1) is 21.5. The molecular formula is C18H22N6O2S3. The van der Waals surface area contributed by atoms with Crippen molar-refractivity contribution in [1.82, 2.24) is 24.6 Å². The second-order valence-electron chi connectivity index (χ2n) is 6.41. The summed E-state index contributed by atoms with van der Waals surface area (Å²) in [5.41, 5.74) is 0.611. The fourth-order valence-electron chi connectivity index (χ4n) is 2.55. The van der Waals surface area contributed by atoms with E-state index in [-0.39, 0.29) is 17.6 Å². The zero-order chi connectivity index (χ0) is 21.0. The molecule has 0 bridgehead atoms. The van der Waals surface area contributed by atoms with Crippen LogP contribution in [-0.2, 0) is 11.3 Å². The van der Waals surface area contributed by atoms with Crippen molar-refractivity contribution in [3.63, 3.8) is 0 Å². The number of aromatic nitrogens is 4. The molecule has 3 heterocycles. The summed E-state index contributed by atoms with van der Waals surface area (Å²) in [7, 11) is 3.38. The zero-order valence-electron chi connectivity index (χ0n) is 16.6. The zero-order valence-corrected chi connectivity index (χ0v) is 19.1. The molecule has 1 N–H and O–H groups in total. The lowest BCUT2D eigenvalue weighted by atomic mass is 10.3. The predicted molar refractivity (Wildman–Crippen MR) is 118 cm³/mol. The van der Waals surface area contributed by atoms with Gasteiger partial charge >= 0.3 is 0 Å². The number of rotatable bonds is 8. The highest BCUT2D eigenvalue weighted by Gasteiger charge is 2.19. The van der Waals surface area contributed by atoms with Crippen LogP contribution >= 0.6 is 34.4 Å². The van der Waals surface area contributed by atoms with Gasteiger partial charge in [-0.2, -0.15) is 0 Å². The highest BCUT2D eigenvalue weighted by Crippen LogP contribution is 2.28. The molecule has 2 amide bonds. The van der Waals surface area contributed by atoms with Gasteiger partial charge in [0.05, 0.1) is 16.3 Å². The molecule has 0 radical (unpaired) electrons. The summed E-state index contributed by atoms with van der Waals surface area (Å²) in [6, 6.07) is 4.00. The lowest BCUT2D eigenvalue weighted by Gasteiger charge is -2.08. The number of carbonyl (C=O) groups is 2. The van der Waals surface area contributed by atoms with Crippen LogP contribution in [0.4, 0.5) is 5.13 Å². The Kier molecular flexibility index (Phi) is 7.04. The van der Waals surface area contributed by atoms with E-state index in [0.29, 0.717) is 20.9 Å². The average molecular weight is 451 g/mol. The van der Waals surface area contributed by atoms with Crippen molar-refractivity contribution in [3.8, 4) is 10.7 Å². The first-order valence-electron chi connectivity index (χ1n) is 8.99. The number of nitrogens with one attached hydrogen (secondary N) is 1.